The first-order valence-electron chi connectivity index (χ1n) is 4.49. The molecule has 0 unspecified atom stereocenters. The van der Waals surface area contributed by atoms with Crippen LogP contribution in [0.4, 0.5) is 13.2 Å². The monoisotopic (exact) mass is 215 g/mol. The molecule has 1 nitrogen and oxygen atoms in total. The Morgan fingerprint density at radius 3 is 2.53 bits per heavy atom. The van der Waals surface area contributed by atoms with E-state index in [1.807, 2.05) is 0 Å². The maximum absolute atomic E-state index is 12.5. The lowest BCUT2D eigenvalue weighted by atomic mass is 10.0. The minimum absolute atomic E-state index is 0.229. The molecule has 0 saturated heterocycles. The molecule has 0 heterocycles. The summed E-state index contributed by atoms with van der Waals surface area (Å²) in [6.07, 6.45) is -1.10. The van der Waals surface area contributed by atoms with Crippen LogP contribution in [-0.4, -0.2) is 6.54 Å². The summed E-state index contributed by atoms with van der Waals surface area (Å²) in [7, 11) is 0. The predicted molar refractivity (Wildman–Crippen MR) is 54.3 cm³/mol. The van der Waals surface area contributed by atoms with E-state index >= 15 is 0 Å². The highest BCUT2D eigenvalue weighted by Crippen LogP contribution is 2.32. The van der Waals surface area contributed by atoms with Gasteiger partial charge in [0, 0.05) is 6.54 Å². The zero-order valence-corrected chi connectivity index (χ0v) is 8.31. The average Bonchev–Trinajstić information content (AvgIpc) is 2.15. The van der Waals surface area contributed by atoms with Crippen molar-refractivity contribution in [1.29, 1.82) is 0 Å². The summed E-state index contributed by atoms with van der Waals surface area (Å²) in [5, 5.41) is 0. The smallest absolute Gasteiger partial charge is 0.327 e. The van der Waals surface area contributed by atoms with Gasteiger partial charge in [-0.25, -0.2) is 0 Å². The van der Waals surface area contributed by atoms with Crippen molar-refractivity contribution in [1.82, 2.24) is 0 Å². The Labute approximate surface area is 86.4 Å². The first-order chi connectivity index (χ1) is 6.95. The van der Waals surface area contributed by atoms with Crippen LogP contribution in [0.1, 0.15) is 16.7 Å². The van der Waals surface area contributed by atoms with Gasteiger partial charge in [0.15, 0.2) is 0 Å². The number of benzene rings is 1. The molecule has 0 aromatic heterocycles. The second-order valence-corrected chi connectivity index (χ2v) is 3.21. The lowest BCUT2D eigenvalue weighted by Crippen LogP contribution is -2.07. The Kier molecular flexibility index (Phi) is 3.52. The first-order valence-corrected chi connectivity index (χ1v) is 4.49. The van der Waals surface area contributed by atoms with E-state index in [1.54, 1.807) is 18.2 Å². The molecule has 0 aliphatic rings. The molecular formula is C11H12F3N. The van der Waals surface area contributed by atoms with E-state index in [4.69, 9.17) is 5.73 Å². The average molecular weight is 215 g/mol. The normalized spacial score (nSPS) is 12.3. The largest absolute Gasteiger partial charge is 0.416 e. The first kappa shape index (κ1) is 11.8. The molecule has 82 valence electrons. The summed E-state index contributed by atoms with van der Waals surface area (Å²) in [5.41, 5.74) is 5.37. The third-order valence-corrected chi connectivity index (χ3v) is 2.01. The number of rotatable bonds is 2. The van der Waals surface area contributed by atoms with Gasteiger partial charge in [-0.3, -0.25) is 0 Å². The van der Waals surface area contributed by atoms with Crippen molar-refractivity contribution in [2.24, 2.45) is 5.73 Å². The quantitative estimate of drug-likeness (QED) is 0.806. The van der Waals surface area contributed by atoms with Gasteiger partial charge in [-0.2, -0.15) is 13.2 Å². The molecule has 2 N–H and O–H groups in total. The fraction of sp³-hybridized carbons (Fsp3) is 0.273. The third-order valence-electron chi connectivity index (χ3n) is 2.01. The highest BCUT2D eigenvalue weighted by atomic mass is 19.4. The second kappa shape index (κ2) is 4.49. The minimum atomic E-state index is -4.29. The topological polar surface area (TPSA) is 26.0 Å². The molecule has 0 saturated carbocycles. The van der Waals surface area contributed by atoms with Crippen molar-refractivity contribution in [2.75, 3.05) is 6.54 Å². The van der Waals surface area contributed by atoms with Gasteiger partial charge in [-0.1, -0.05) is 24.3 Å². The Morgan fingerprint density at radius 1 is 1.33 bits per heavy atom. The van der Waals surface area contributed by atoms with Gasteiger partial charge in [-0.15, -0.1) is 0 Å². The van der Waals surface area contributed by atoms with Crippen LogP contribution in [0, 0.1) is 6.92 Å². The number of hydrogen-bond donors (Lipinski definition) is 1. The van der Waals surface area contributed by atoms with Crippen LogP contribution < -0.4 is 5.73 Å². The van der Waals surface area contributed by atoms with Gasteiger partial charge in [-0.05, 0) is 24.1 Å². The number of aryl methyl sites for hydroxylation is 1. The molecule has 0 bridgehead atoms. The van der Waals surface area contributed by atoms with Crippen molar-refractivity contribution in [3.8, 4) is 0 Å². The van der Waals surface area contributed by atoms with Crippen LogP contribution in [-0.2, 0) is 6.18 Å². The highest BCUT2D eigenvalue weighted by Gasteiger charge is 2.32. The van der Waals surface area contributed by atoms with Gasteiger partial charge in [0.1, 0.15) is 0 Å². The second-order valence-electron chi connectivity index (χ2n) is 3.21. The molecular weight excluding hydrogens is 203 g/mol. The zero-order chi connectivity index (χ0) is 11.5. The molecule has 1 aromatic carbocycles. The summed E-state index contributed by atoms with van der Waals surface area (Å²) >= 11 is 0. The summed E-state index contributed by atoms with van der Waals surface area (Å²) < 4.78 is 37.5. The van der Waals surface area contributed by atoms with Crippen molar-refractivity contribution >= 4 is 6.08 Å². The van der Waals surface area contributed by atoms with Crippen molar-refractivity contribution < 1.29 is 13.2 Å². The van der Waals surface area contributed by atoms with Gasteiger partial charge in [0.25, 0.3) is 0 Å². The van der Waals surface area contributed by atoms with Crippen LogP contribution in [0.25, 0.3) is 6.08 Å². The molecule has 0 atom stereocenters. The molecule has 0 amide bonds. The van der Waals surface area contributed by atoms with E-state index in [0.29, 0.717) is 12.1 Å². The lowest BCUT2D eigenvalue weighted by Gasteiger charge is -2.10. The van der Waals surface area contributed by atoms with Crippen LogP contribution in [0.3, 0.4) is 0 Å². The van der Waals surface area contributed by atoms with Crippen LogP contribution in [0.5, 0.6) is 0 Å². The Bertz CT molecular complexity index is 367. The van der Waals surface area contributed by atoms with Gasteiger partial charge >= 0.3 is 6.18 Å². The molecule has 1 rings (SSSR count). The summed E-state index contributed by atoms with van der Waals surface area (Å²) in [4.78, 5) is 0. The maximum Gasteiger partial charge on any atom is 0.416 e. The number of halogens is 3. The van der Waals surface area contributed by atoms with Gasteiger partial charge in [0.2, 0.25) is 0 Å². The third kappa shape index (κ3) is 3.09. The zero-order valence-electron chi connectivity index (χ0n) is 8.31. The molecule has 0 radical (unpaired) electrons. The van der Waals surface area contributed by atoms with Crippen LogP contribution >= 0.6 is 0 Å². The summed E-state index contributed by atoms with van der Waals surface area (Å²) in [6, 6.07) is 4.22. The van der Waals surface area contributed by atoms with E-state index in [-0.39, 0.29) is 5.56 Å². The SMILES string of the molecule is Cc1ccc(C=CCN)cc1C(F)(F)F. The molecule has 0 aliphatic carbocycles. The molecule has 15 heavy (non-hydrogen) atoms. The predicted octanol–water partition coefficient (Wildman–Crippen LogP) is 2.99. The minimum Gasteiger partial charge on any atom is -0.327 e. The Balaban J connectivity index is 3.11. The Hall–Kier alpha value is -1.29. The summed E-state index contributed by atoms with van der Waals surface area (Å²) in [6.45, 7) is 1.76. The van der Waals surface area contributed by atoms with Gasteiger partial charge < -0.3 is 5.73 Å². The van der Waals surface area contributed by atoms with E-state index in [0.717, 1.165) is 6.07 Å². The lowest BCUT2D eigenvalue weighted by molar-refractivity contribution is -0.138. The standard InChI is InChI=1S/C11H12F3N/c1-8-4-5-9(3-2-6-15)7-10(8)11(12,13)14/h2-5,7H,6,15H2,1H3. The Morgan fingerprint density at radius 2 is 2.00 bits per heavy atom. The van der Waals surface area contributed by atoms with Crippen LogP contribution in [0.15, 0.2) is 24.3 Å². The van der Waals surface area contributed by atoms with E-state index in [9.17, 15) is 13.2 Å². The maximum atomic E-state index is 12.5. The molecule has 0 aliphatic heterocycles. The van der Waals surface area contributed by atoms with Crippen molar-refractivity contribution in [3.05, 3.63) is 41.0 Å². The number of alkyl halides is 3. The van der Waals surface area contributed by atoms with Crippen molar-refractivity contribution in [2.45, 2.75) is 13.1 Å². The molecule has 1 aromatic rings. The molecule has 0 spiro atoms. The number of hydrogen-bond acceptors (Lipinski definition) is 1. The number of nitrogens with two attached hydrogens (primary N) is 1. The molecule has 4 heteroatoms. The molecule has 0 fully saturated rings. The van der Waals surface area contributed by atoms with E-state index in [2.05, 4.69) is 0 Å². The van der Waals surface area contributed by atoms with E-state index in [1.165, 1.54) is 13.0 Å². The fourth-order valence-electron chi connectivity index (χ4n) is 1.25. The fourth-order valence-corrected chi connectivity index (χ4v) is 1.25. The van der Waals surface area contributed by atoms with E-state index < -0.39 is 11.7 Å². The highest BCUT2D eigenvalue weighted by molar-refractivity contribution is 5.52. The van der Waals surface area contributed by atoms with Crippen LogP contribution in [0.2, 0.25) is 0 Å². The van der Waals surface area contributed by atoms with Gasteiger partial charge in [0.05, 0.1) is 5.56 Å². The van der Waals surface area contributed by atoms with Crippen molar-refractivity contribution in [3.63, 3.8) is 0 Å². The summed E-state index contributed by atoms with van der Waals surface area (Å²) in [5.74, 6) is 0.